The van der Waals surface area contributed by atoms with E-state index in [0.29, 0.717) is 5.82 Å². The fraction of sp³-hybridized carbons (Fsp3) is 0.200. The third kappa shape index (κ3) is 5.79. The molecule has 33 heavy (non-hydrogen) atoms. The molecule has 0 saturated heterocycles. The highest BCUT2D eigenvalue weighted by molar-refractivity contribution is 7.92. The summed E-state index contributed by atoms with van der Waals surface area (Å²) >= 11 is 6.05. The maximum Gasteiger partial charge on any atom is 0.381 e. The molecule has 0 bridgehead atoms. The number of sulfonamides is 1. The SMILES string of the molecule is COc1ccc(NC(=O)CCn2cc([N+](=O)[O-])nc2C)cc1S(=O)(=O)Nc1ccccc1Cl. The standard InChI is InChI=1S/C20H20ClN5O6S/c1-13-22-19(26(28)29)12-25(13)10-9-20(27)23-14-7-8-17(32-2)18(11-14)33(30,31)24-16-6-4-3-5-15(16)21/h3-8,11-12,24H,9-10H2,1-2H3,(H,23,27). The number of benzene rings is 2. The lowest BCUT2D eigenvalue weighted by atomic mass is 10.3. The predicted octanol–water partition coefficient (Wildman–Crippen LogP) is 3.59. The molecule has 174 valence electrons. The number of amides is 1. The lowest BCUT2D eigenvalue weighted by Gasteiger charge is -2.14. The number of carbonyl (C=O) groups is 1. The van der Waals surface area contributed by atoms with Crippen LogP contribution in [0.1, 0.15) is 12.2 Å². The van der Waals surface area contributed by atoms with Crippen molar-refractivity contribution in [2.24, 2.45) is 0 Å². The number of anilines is 2. The van der Waals surface area contributed by atoms with Gasteiger partial charge in [-0.05, 0) is 40.2 Å². The predicted molar refractivity (Wildman–Crippen MR) is 122 cm³/mol. The average molecular weight is 494 g/mol. The van der Waals surface area contributed by atoms with Crippen molar-refractivity contribution in [3.63, 3.8) is 0 Å². The van der Waals surface area contributed by atoms with Gasteiger partial charge >= 0.3 is 5.82 Å². The van der Waals surface area contributed by atoms with Crippen LogP contribution in [-0.2, 0) is 21.4 Å². The van der Waals surface area contributed by atoms with E-state index in [9.17, 15) is 23.3 Å². The largest absolute Gasteiger partial charge is 0.495 e. The van der Waals surface area contributed by atoms with Crippen molar-refractivity contribution in [1.29, 1.82) is 0 Å². The molecule has 3 rings (SSSR count). The smallest absolute Gasteiger partial charge is 0.381 e. The van der Waals surface area contributed by atoms with E-state index in [2.05, 4.69) is 15.0 Å². The number of nitro groups is 1. The van der Waals surface area contributed by atoms with Crippen LogP contribution < -0.4 is 14.8 Å². The summed E-state index contributed by atoms with van der Waals surface area (Å²) < 4.78 is 35.0. The first-order valence-electron chi connectivity index (χ1n) is 9.54. The zero-order chi connectivity index (χ0) is 24.2. The molecule has 2 aromatic carbocycles. The maximum atomic E-state index is 12.9. The summed E-state index contributed by atoms with van der Waals surface area (Å²) in [5.74, 6) is -0.242. The normalized spacial score (nSPS) is 11.1. The van der Waals surface area contributed by atoms with E-state index in [1.54, 1.807) is 25.1 Å². The molecule has 0 unspecified atom stereocenters. The van der Waals surface area contributed by atoms with Gasteiger partial charge in [-0.15, -0.1) is 0 Å². The van der Waals surface area contributed by atoms with Crippen LogP contribution in [0.4, 0.5) is 17.2 Å². The zero-order valence-corrected chi connectivity index (χ0v) is 19.2. The topological polar surface area (TPSA) is 145 Å². The number of para-hydroxylation sites is 1. The summed E-state index contributed by atoms with van der Waals surface area (Å²) in [6, 6.07) is 10.5. The van der Waals surface area contributed by atoms with Crippen LogP contribution in [0.3, 0.4) is 0 Å². The number of nitrogens with one attached hydrogen (secondary N) is 2. The number of carbonyl (C=O) groups excluding carboxylic acids is 1. The molecule has 0 radical (unpaired) electrons. The van der Waals surface area contributed by atoms with Gasteiger partial charge in [-0.2, -0.15) is 0 Å². The molecule has 0 spiro atoms. The van der Waals surface area contributed by atoms with Gasteiger partial charge in [-0.3, -0.25) is 9.52 Å². The Kier molecular flexibility index (Phi) is 7.19. The van der Waals surface area contributed by atoms with Crippen LogP contribution in [0, 0.1) is 17.0 Å². The number of aromatic nitrogens is 2. The lowest BCUT2D eigenvalue weighted by molar-refractivity contribution is -0.389. The van der Waals surface area contributed by atoms with Crippen molar-refractivity contribution in [3.8, 4) is 5.75 Å². The molecule has 1 heterocycles. The number of hydrogen-bond acceptors (Lipinski definition) is 7. The molecule has 11 nitrogen and oxygen atoms in total. The van der Waals surface area contributed by atoms with Gasteiger partial charge in [0.1, 0.15) is 16.8 Å². The molecular weight excluding hydrogens is 474 g/mol. The molecule has 1 amide bonds. The quantitative estimate of drug-likeness (QED) is 0.342. The molecule has 3 aromatic rings. The second-order valence-electron chi connectivity index (χ2n) is 6.85. The number of imidazole rings is 1. The van der Waals surface area contributed by atoms with E-state index >= 15 is 0 Å². The molecule has 0 atom stereocenters. The molecule has 13 heteroatoms. The summed E-state index contributed by atoms with van der Waals surface area (Å²) in [5, 5.41) is 13.7. The van der Waals surface area contributed by atoms with Crippen molar-refractivity contribution in [1.82, 2.24) is 9.55 Å². The second kappa shape index (κ2) is 9.88. The van der Waals surface area contributed by atoms with E-state index in [0.717, 1.165) is 0 Å². The van der Waals surface area contributed by atoms with E-state index < -0.39 is 20.9 Å². The number of hydrogen-bond donors (Lipinski definition) is 2. The number of halogens is 1. The molecule has 1 aromatic heterocycles. The van der Waals surface area contributed by atoms with E-state index in [1.165, 1.54) is 42.1 Å². The third-order valence-electron chi connectivity index (χ3n) is 4.59. The van der Waals surface area contributed by atoms with Crippen LogP contribution in [0.15, 0.2) is 53.6 Å². The second-order valence-corrected chi connectivity index (χ2v) is 8.90. The first kappa shape index (κ1) is 24.0. The van der Waals surface area contributed by atoms with E-state index in [-0.39, 0.29) is 45.8 Å². The Morgan fingerprint density at radius 2 is 2.00 bits per heavy atom. The van der Waals surface area contributed by atoms with Crippen LogP contribution in [-0.4, -0.2) is 35.9 Å². The fourth-order valence-corrected chi connectivity index (χ4v) is 4.47. The number of methoxy groups -OCH3 is 1. The van der Waals surface area contributed by atoms with Crippen LogP contribution in [0.25, 0.3) is 0 Å². The van der Waals surface area contributed by atoms with Crippen molar-refractivity contribution in [2.45, 2.75) is 24.8 Å². The van der Waals surface area contributed by atoms with E-state index in [1.807, 2.05) is 0 Å². The third-order valence-corrected chi connectivity index (χ3v) is 6.30. The summed E-state index contributed by atoms with van der Waals surface area (Å²) in [6.45, 7) is 1.76. The number of ether oxygens (including phenoxy) is 1. The van der Waals surface area contributed by atoms with Crippen molar-refractivity contribution in [3.05, 3.63) is 69.6 Å². The Morgan fingerprint density at radius 3 is 2.64 bits per heavy atom. The monoisotopic (exact) mass is 493 g/mol. The Hall–Kier alpha value is -3.64. The van der Waals surface area contributed by atoms with Gasteiger partial charge in [0.2, 0.25) is 11.7 Å². The van der Waals surface area contributed by atoms with Crippen LogP contribution in [0.2, 0.25) is 5.02 Å². The molecular formula is C20H20ClN5O6S. The van der Waals surface area contributed by atoms with Gasteiger partial charge in [-0.25, -0.2) is 8.42 Å². The van der Waals surface area contributed by atoms with Gasteiger partial charge in [0, 0.05) is 25.6 Å². The molecule has 0 aliphatic carbocycles. The molecule has 0 saturated carbocycles. The Labute approximate surface area is 194 Å². The lowest BCUT2D eigenvalue weighted by Crippen LogP contribution is -2.17. The van der Waals surface area contributed by atoms with Gasteiger partial charge in [0.15, 0.2) is 0 Å². The highest BCUT2D eigenvalue weighted by Gasteiger charge is 2.22. The first-order valence-corrected chi connectivity index (χ1v) is 11.4. The minimum Gasteiger partial charge on any atom is -0.495 e. The Morgan fingerprint density at radius 1 is 1.27 bits per heavy atom. The number of rotatable bonds is 9. The molecule has 0 aliphatic rings. The maximum absolute atomic E-state index is 12.9. The summed E-state index contributed by atoms with van der Waals surface area (Å²) in [4.78, 5) is 26.2. The Balaban J connectivity index is 1.75. The van der Waals surface area contributed by atoms with Crippen LogP contribution in [0.5, 0.6) is 5.75 Å². The molecule has 2 N–H and O–H groups in total. The highest BCUT2D eigenvalue weighted by Crippen LogP contribution is 2.30. The first-order chi connectivity index (χ1) is 15.6. The highest BCUT2D eigenvalue weighted by atomic mass is 35.5. The molecule has 0 fully saturated rings. The van der Waals surface area contributed by atoms with Crippen molar-refractivity contribution < 1.29 is 22.9 Å². The minimum atomic E-state index is -4.09. The fourth-order valence-electron chi connectivity index (χ4n) is 2.96. The number of aryl methyl sites for hydroxylation is 2. The number of nitrogens with zero attached hydrogens (tertiary/aromatic N) is 3. The minimum absolute atomic E-state index is 0.0136. The summed E-state index contributed by atoms with van der Waals surface area (Å²) in [5.41, 5.74) is 0.425. The van der Waals surface area contributed by atoms with Crippen LogP contribution >= 0.6 is 11.6 Å². The van der Waals surface area contributed by atoms with Crippen molar-refractivity contribution in [2.75, 3.05) is 17.1 Å². The van der Waals surface area contributed by atoms with E-state index in [4.69, 9.17) is 16.3 Å². The van der Waals surface area contributed by atoms with Crippen molar-refractivity contribution >= 4 is 44.7 Å². The Bertz CT molecular complexity index is 1310. The average Bonchev–Trinajstić information content (AvgIpc) is 3.15. The summed E-state index contributed by atoms with van der Waals surface area (Å²) in [6.07, 6.45) is 1.24. The molecule has 0 aliphatic heterocycles. The van der Waals surface area contributed by atoms with Gasteiger partial charge in [0.05, 0.1) is 17.8 Å². The summed E-state index contributed by atoms with van der Waals surface area (Å²) in [7, 11) is -2.76. The van der Waals surface area contributed by atoms with Gasteiger partial charge in [-0.1, -0.05) is 23.7 Å². The zero-order valence-electron chi connectivity index (χ0n) is 17.6. The van der Waals surface area contributed by atoms with Gasteiger partial charge < -0.3 is 24.7 Å². The van der Waals surface area contributed by atoms with Gasteiger partial charge in [0.25, 0.3) is 10.0 Å².